The minimum atomic E-state index is -1.03. The van der Waals surface area contributed by atoms with Crippen molar-refractivity contribution >= 4 is 39.5 Å². The predicted molar refractivity (Wildman–Crippen MR) is 116 cm³/mol. The van der Waals surface area contributed by atoms with Crippen LogP contribution in [0.2, 0.25) is 5.02 Å². The van der Waals surface area contributed by atoms with E-state index in [-0.39, 0.29) is 6.61 Å². The van der Waals surface area contributed by atoms with Crippen molar-refractivity contribution in [2.45, 2.75) is 31.3 Å². The molecular formula is C23H22BrClO4. The molecule has 0 saturated carbocycles. The van der Waals surface area contributed by atoms with E-state index in [0.29, 0.717) is 22.3 Å². The minimum absolute atomic E-state index is 0.192. The first-order valence-electron chi connectivity index (χ1n) is 9.40. The Morgan fingerprint density at radius 1 is 1.24 bits per heavy atom. The molecule has 4 nitrogen and oxygen atoms in total. The van der Waals surface area contributed by atoms with Gasteiger partial charge in [-0.3, -0.25) is 9.59 Å². The van der Waals surface area contributed by atoms with Gasteiger partial charge in [0.15, 0.2) is 5.92 Å². The highest BCUT2D eigenvalue weighted by atomic mass is 79.9. The molecule has 0 N–H and O–H groups in total. The monoisotopic (exact) mass is 476 g/mol. The van der Waals surface area contributed by atoms with Crippen molar-refractivity contribution in [2.75, 3.05) is 6.61 Å². The van der Waals surface area contributed by atoms with E-state index in [1.165, 1.54) is 0 Å². The Labute approximate surface area is 184 Å². The lowest BCUT2D eigenvalue weighted by molar-refractivity contribution is -0.186. The van der Waals surface area contributed by atoms with Crippen molar-refractivity contribution in [2.24, 2.45) is 5.92 Å². The van der Waals surface area contributed by atoms with Gasteiger partial charge in [0.05, 0.1) is 6.61 Å². The van der Waals surface area contributed by atoms with Gasteiger partial charge >= 0.3 is 11.9 Å². The number of hydrogen-bond acceptors (Lipinski definition) is 4. The van der Waals surface area contributed by atoms with E-state index in [0.717, 1.165) is 11.1 Å². The van der Waals surface area contributed by atoms with Gasteiger partial charge in [-0.15, -0.1) is 0 Å². The molecule has 29 heavy (non-hydrogen) atoms. The third kappa shape index (κ3) is 4.73. The summed E-state index contributed by atoms with van der Waals surface area (Å²) < 4.78 is 11.9. The molecule has 3 atom stereocenters. The number of hydrogen-bond donors (Lipinski definition) is 0. The average Bonchev–Trinajstić information content (AvgIpc) is 2.68. The number of ether oxygens (including phenoxy) is 2. The maximum Gasteiger partial charge on any atom is 0.321 e. The summed E-state index contributed by atoms with van der Waals surface area (Å²) >= 11 is 9.47. The van der Waals surface area contributed by atoms with Crippen molar-refractivity contribution in [1.29, 1.82) is 0 Å². The van der Waals surface area contributed by atoms with Gasteiger partial charge in [-0.1, -0.05) is 76.6 Å². The zero-order valence-electron chi connectivity index (χ0n) is 16.1. The molecule has 152 valence electrons. The van der Waals surface area contributed by atoms with E-state index in [1.807, 2.05) is 42.5 Å². The lowest BCUT2D eigenvalue weighted by atomic mass is 9.72. The molecular weight excluding hydrogens is 456 g/mol. The van der Waals surface area contributed by atoms with Crippen LogP contribution in [0.25, 0.3) is 0 Å². The predicted octanol–water partition coefficient (Wildman–Crippen LogP) is 5.74. The third-order valence-electron chi connectivity index (χ3n) is 5.12. The second-order valence-corrected chi connectivity index (χ2v) is 8.63. The summed E-state index contributed by atoms with van der Waals surface area (Å²) in [4.78, 5) is 25.8. The van der Waals surface area contributed by atoms with E-state index in [2.05, 4.69) is 22.5 Å². The summed E-state index contributed by atoms with van der Waals surface area (Å²) in [7, 11) is 0. The standard InChI is InChI=1S/C23H22BrClO4/c1-3-28-21(26)20-19(16-9-11-18(25)12-10-16)14-23(13-15(2)24,29-22(20)27)17-7-5-4-6-8-17/h4-12,19-20H,2-3,13-14H2,1H3/t19-,20+,23+/m1/s1. The summed E-state index contributed by atoms with van der Waals surface area (Å²) in [6.07, 6.45) is 0.806. The minimum Gasteiger partial charge on any atom is -0.465 e. The third-order valence-corrected chi connectivity index (χ3v) is 5.65. The number of carbonyl (C=O) groups excluding carboxylic acids is 2. The number of benzene rings is 2. The highest BCUT2D eigenvalue weighted by Crippen LogP contribution is 2.49. The molecule has 1 saturated heterocycles. The van der Waals surface area contributed by atoms with E-state index in [4.69, 9.17) is 21.1 Å². The van der Waals surface area contributed by atoms with Crippen LogP contribution in [0.15, 0.2) is 65.7 Å². The van der Waals surface area contributed by atoms with Crippen molar-refractivity contribution < 1.29 is 19.1 Å². The number of rotatable bonds is 6. The summed E-state index contributed by atoms with van der Waals surface area (Å²) in [6.45, 7) is 5.86. The maximum absolute atomic E-state index is 13.1. The second kappa shape index (κ2) is 9.14. The highest BCUT2D eigenvalue weighted by molar-refractivity contribution is 9.11. The van der Waals surface area contributed by atoms with Crippen LogP contribution in [0.3, 0.4) is 0 Å². The molecule has 6 heteroatoms. The molecule has 0 radical (unpaired) electrons. The summed E-state index contributed by atoms with van der Waals surface area (Å²) in [5, 5.41) is 0.586. The molecule has 0 unspecified atom stereocenters. The molecule has 0 amide bonds. The molecule has 0 bridgehead atoms. The van der Waals surface area contributed by atoms with E-state index >= 15 is 0 Å². The molecule has 3 rings (SSSR count). The van der Waals surface area contributed by atoms with Crippen LogP contribution >= 0.6 is 27.5 Å². The van der Waals surface area contributed by atoms with Crippen LogP contribution in [0.4, 0.5) is 0 Å². The van der Waals surface area contributed by atoms with Gasteiger partial charge in [-0.05, 0) is 34.7 Å². The zero-order chi connectivity index (χ0) is 21.0. The van der Waals surface area contributed by atoms with Gasteiger partial charge in [0.1, 0.15) is 5.60 Å². The SMILES string of the molecule is C=C(Br)C[C@@]1(c2ccccc2)C[C@H](c2ccc(Cl)cc2)[C@@H](C(=O)OCC)C(=O)O1. The molecule has 0 aliphatic carbocycles. The lowest BCUT2D eigenvalue weighted by Crippen LogP contribution is -2.47. The molecule has 2 aromatic rings. The van der Waals surface area contributed by atoms with Crippen LogP contribution in [0.1, 0.15) is 36.8 Å². The fourth-order valence-corrected chi connectivity index (χ4v) is 4.47. The first kappa shape index (κ1) is 21.6. The Bertz CT molecular complexity index is 897. The van der Waals surface area contributed by atoms with Gasteiger partial charge in [-0.2, -0.15) is 0 Å². The average molecular weight is 478 g/mol. The van der Waals surface area contributed by atoms with Crippen molar-refractivity contribution in [3.8, 4) is 0 Å². The van der Waals surface area contributed by atoms with Crippen LogP contribution < -0.4 is 0 Å². The molecule has 2 aromatic carbocycles. The molecule has 0 aromatic heterocycles. The molecule has 1 fully saturated rings. The number of esters is 2. The Morgan fingerprint density at radius 3 is 2.48 bits per heavy atom. The topological polar surface area (TPSA) is 52.6 Å². The quantitative estimate of drug-likeness (QED) is 0.393. The molecule has 1 aliphatic rings. The Hall–Kier alpha value is -2.11. The van der Waals surface area contributed by atoms with Gasteiger partial charge in [0.25, 0.3) is 0 Å². The Kier molecular flexibility index (Phi) is 6.81. The summed E-state index contributed by atoms with van der Waals surface area (Å²) in [5.74, 6) is -2.61. The number of carbonyl (C=O) groups is 2. The van der Waals surface area contributed by atoms with Crippen molar-refractivity contribution in [1.82, 2.24) is 0 Å². The van der Waals surface area contributed by atoms with Crippen LogP contribution in [0.5, 0.6) is 0 Å². The maximum atomic E-state index is 13.1. The lowest BCUT2D eigenvalue weighted by Gasteiger charge is -2.43. The van der Waals surface area contributed by atoms with Crippen molar-refractivity contribution in [3.63, 3.8) is 0 Å². The van der Waals surface area contributed by atoms with Gasteiger partial charge in [-0.25, -0.2) is 0 Å². The van der Waals surface area contributed by atoms with Gasteiger partial charge in [0.2, 0.25) is 0 Å². The Morgan fingerprint density at radius 2 is 1.90 bits per heavy atom. The fraction of sp³-hybridized carbons (Fsp3) is 0.304. The summed E-state index contributed by atoms with van der Waals surface area (Å²) in [5.41, 5.74) is 0.756. The first-order valence-corrected chi connectivity index (χ1v) is 10.6. The number of cyclic esters (lactones) is 1. The smallest absolute Gasteiger partial charge is 0.321 e. The van der Waals surface area contributed by atoms with E-state index in [1.54, 1.807) is 19.1 Å². The van der Waals surface area contributed by atoms with Crippen LogP contribution in [-0.2, 0) is 24.7 Å². The fourth-order valence-electron chi connectivity index (χ4n) is 3.89. The first-order chi connectivity index (χ1) is 13.9. The molecule has 0 spiro atoms. The largest absolute Gasteiger partial charge is 0.465 e. The number of halogens is 2. The van der Waals surface area contributed by atoms with E-state index in [9.17, 15) is 9.59 Å². The zero-order valence-corrected chi connectivity index (χ0v) is 18.4. The Balaban J connectivity index is 2.10. The van der Waals surface area contributed by atoms with Crippen LogP contribution in [-0.4, -0.2) is 18.5 Å². The normalized spacial score (nSPS) is 23.9. The van der Waals surface area contributed by atoms with Crippen molar-refractivity contribution in [3.05, 3.63) is 81.8 Å². The summed E-state index contributed by atoms with van der Waals surface area (Å²) in [6, 6.07) is 16.8. The molecule has 1 heterocycles. The van der Waals surface area contributed by atoms with E-state index < -0.39 is 29.4 Å². The highest BCUT2D eigenvalue weighted by Gasteiger charge is 2.52. The second-order valence-electron chi connectivity index (χ2n) is 7.07. The van der Waals surface area contributed by atoms with Gasteiger partial charge in [0, 0.05) is 23.8 Å². The van der Waals surface area contributed by atoms with Crippen LogP contribution in [0, 0.1) is 5.92 Å². The molecule has 1 aliphatic heterocycles. The van der Waals surface area contributed by atoms with Gasteiger partial charge < -0.3 is 9.47 Å².